The van der Waals surface area contributed by atoms with Gasteiger partial charge in [0.2, 0.25) is 5.91 Å². The zero-order chi connectivity index (χ0) is 10.2. The van der Waals surface area contributed by atoms with Crippen LogP contribution in [-0.4, -0.2) is 56.8 Å². The Labute approximate surface area is 74.8 Å². The minimum atomic E-state index is -1.42. The van der Waals surface area contributed by atoms with Crippen molar-refractivity contribution in [3.05, 3.63) is 0 Å². The van der Waals surface area contributed by atoms with Crippen LogP contribution in [0.25, 0.3) is 0 Å². The van der Waals surface area contributed by atoms with Gasteiger partial charge in [-0.25, -0.2) is 0 Å². The summed E-state index contributed by atoms with van der Waals surface area (Å²) in [6, 6.07) is -1.01. The normalized spacial score (nSPS) is 40.7. The van der Waals surface area contributed by atoms with Gasteiger partial charge in [-0.05, 0) is 0 Å². The van der Waals surface area contributed by atoms with Crippen LogP contribution in [0.1, 0.15) is 6.92 Å². The molecule has 0 bridgehead atoms. The average Bonchev–Trinajstić information content (AvgIpc) is 2.22. The summed E-state index contributed by atoms with van der Waals surface area (Å²) in [7, 11) is 0. The predicted octanol–water partition coefficient (Wildman–Crippen LogP) is -3.05. The lowest BCUT2D eigenvalue weighted by Crippen LogP contribution is -2.47. The van der Waals surface area contributed by atoms with Crippen molar-refractivity contribution < 1.29 is 25.2 Å². The van der Waals surface area contributed by atoms with E-state index in [0.29, 0.717) is 0 Å². The zero-order valence-corrected chi connectivity index (χ0v) is 7.08. The highest BCUT2D eigenvalue weighted by Gasteiger charge is 2.48. The van der Waals surface area contributed by atoms with E-state index in [-0.39, 0.29) is 0 Å². The molecule has 6 heteroatoms. The third kappa shape index (κ3) is 1.80. The van der Waals surface area contributed by atoms with Crippen LogP contribution in [0, 0.1) is 0 Å². The van der Waals surface area contributed by atoms with Gasteiger partial charge < -0.3 is 25.7 Å². The van der Waals surface area contributed by atoms with E-state index in [1.807, 2.05) is 0 Å². The highest BCUT2D eigenvalue weighted by molar-refractivity contribution is 5.73. The Morgan fingerprint density at radius 2 is 1.38 bits per heavy atom. The van der Waals surface area contributed by atoms with Crippen LogP contribution in [-0.2, 0) is 4.79 Å². The summed E-state index contributed by atoms with van der Waals surface area (Å²) < 4.78 is 0. The van der Waals surface area contributed by atoms with Gasteiger partial charge in [0.05, 0.1) is 6.04 Å². The number of nitrogens with one attached hydrogen (secondary N) is 1. The summed E-state index contributed by atoms with van der Waals surface area (Å²) in [5, 5.41) is 39.0. The van der Waals surface area contributed by atoms with E-state index >= 15 is 0 Å². The van der Waals surface area contributed by atoms with Gasteiger partial charge in [0.1, 0.15) is 24.4 Å². The lowest BCUT2D eigenvalue weighted by Gasteiger charge is -2.18. The lowest BCUT2D eigenvalue weighted by molar-refractivity contribution is -0.121. The molecular weight excluding hydrogens is 178 g/mol. The smallest absolute Gasteiger partial charge is 0.217 e. The molecule has 1 aliphatic carbocycles. The maximum Gasteiger partial charge on any atom is 0.217 e. The highest BCUT2D eigenvalue weighted by Crippen LogP contribution is 2.21. The minimum Gasteiger partial charge on any atom is -0.388 e. The maximum absolute atomic E-state index is 10.6. The minimum absolute atomic E-state index is 0.440. The Bertz CT molecular complexity index is 195. The van der Waals surface area contributed by atoms with Crippen molar-refractivity contribution in [3.8, 4) is 0 Å². The number of carbonyl (C=O) groups is 1. The fourth-order valence-electron chi connectivity index (χ4n) is 1.44. The molecule has 0 aliphatic heterocycles. The van der Waals surface area contributed by atoms with Crippen LogP contribution in [0.5, 0.6) is 0 Å². The predicted molar refractivity (Wildman–Crippen MR) is 41.6 cm³/mol. The number of rotatable bonds is 1. The molecular formula is C7H13NO5. The molecule has 1 amide bonds. The largest absolute Gasteiger partial charge is 0.388 e. The average molecular weight is 191 g/mol. The van der Waals surface area contributed by atoms with Gasteiger partial charge in [-0.1, -0.05) is 0 Å². The van der Waals surface area contributed by atoms with E-state index in [4.69, 9.17) is 10.2 Å². The van der Waals surface area contributed by atoms with Crippen LogP contribution in [0.2, 0.25) is 0 Å². The van der Waals surface area contributed by atoms with Crippen LogP contribution in [0.4, 0.5) is 0 Å². The van der Waals surface area contributed by atoms with E-state index in [9.17, 15) is 15.0 Å². The first-order chi connectivity index (χ1) is 5.95. The fraction of sp³-hybridized carbons (Fsp3) is 0.857. The monoisotopic (exact) mass is 191 g/mol. The molecule has 1 unspecified atom stereocenters. The number of aliphatic hydroxyl groups excluding tert-OH is 4. The van der Waals surface area contributed by atoms with E-state index < -0.39 is 36.4 Å². The molecule has 1 fully saturated rings. The molecule has 1 saturated carbocycles. The van der Waals surface area contributed by atoms with Crippen molar-refractivity contribution in [1.82, 2.24) is 5.32 Å². The number of amides is 1. The van der Waals surface area contributed by atoms with Crippen LogP contribution < -0.4 is 5.32 Å². The number of hydrogen-bond acceptors (Lipinski definition) is 5. The SMILES string of the molecule is CC(=O)NC1[C@H](O)[C@H](O)[C@H](O)[C@H]1O. The second kappa shape index (κ2) is 3.59. The number of hydrogen-bond donors (Lipinski definition) is 5. The van der Waals surface area contributed by atoms with E-state index in [1.165, 1.54) is 6.92 Å². The van der Waals surface area contributed by atoms with Gasteiger partial charge in [-0.15, -0.1) is 0 Å². The summed E-state index contributed by atoms with van der Waals surface area (Å²) >= 11 is 0. The van der Waals surface area contributed by atoms with E-state index in [1.54, 1.807) is 0 Å². The van der Waals surface area contributed by atoms with Crippen LogP contribution >= 0.6 is 0 Å². The Kier molecular flexibility index (Phi) is 2.87. The lowest BCUT2D eigenvalue weighted by atomic mass is 10.2. The zero-order valence-electron chi connectivity index (χ0n) is 7.08. The molecule has 0 aromatic rings. The molecule has 1 rings (SSSR count). The summed E-state index contributed by atoms with van der Waals surface area (Å²) in [4.78, 5) is 10.6. The van der Waals surface area contributed by atoms with Crippen molar-refractivity contribution in [2.45, 2.75) is 37.4 Å². The summed E-state index contributed by atoms with van der Waals surface area (Å²) in [5.74, 6) is -0.440. The quantitative estimate of drug-likeness (QED) is 0.302. The third-order valence-corrected chi connectivity index (χ3v) is 2.16. The standard InChI is InChI=1S/C7H13NO5/c1-2(9)8-3-4(10)6(12)7(13)5(3)11/h3-7,10-13H,1H3,(H,8,9)/t3?,4-,5-,6-,7+/m0/s1. The molecule has 5 N–H and O–H groups in total. The van der Waals surface area contributed by atoms with Gasteiger partial charge in [0.15, 0.2) is 0 Å². The molecule has 0 heterocycles. The second-order valence-corrected chi connectivity index (χ2v) is 3.19. The second-order valence-electron chi connectivity index (χ2n) is 3.19. The Balaban J connectivity index is 2.69. The Morgan fingerprint density at radius 1 is 1.00 bits per heavy atom. The topological polar surface area (TPSA) is 110 Å². The fourth-order valence-corrected chi connectivity index (χ4v) is 1.44. The molecule has 0 aromatic carbocycles. The molecule has 1 aliphatic rings. The summed E-state index contributed by atoms with van der Waals surface area (Å²) in [5.41, 5.74) is 0. The van der Waals surface area contributed by atoms with Crippen molar-refractivity contribution in [2.24, 2.45) is 0 Å². The molecule has 6 nitrogen and oxygen atoms in total. The molecule has 76 valence electrons. The molecule has 0 aromatic heterocycles. The summed E-state index contributed by atoms with van der Waals surface area (Å²) in [6.45, 7) is 1.22. The maximum atomic E-state index is 10.6. The van der Waals surface area contributed by atoms with Crippen LogP contribution in [0.3, 0.4) is 0 Å². The van der Waals surface area contributed by atoms with Crippen molar-refractivity contribution in [1.29, 1.82) is 0 Å². The van der Waals surface area contributed by atoms with Crippen molar-refractivity contribution >= 4 is 5.91 Å². The van der Waals surface area contributed by atoms with Gasteiger partial charge >= 0.3 is 0 Å². The first-order valence-corrected chi connectivity index (χ1v) is 3.94. The van der Waals surface area contributed by atoms with Crippen molar-refractivity contribution in [3.63, 3.8) is 0 Å². The van der Waals surface area contributed by atoms with E-state index in [2.05, 4.69) is 5.32 Å². The highest BCUT2D eigenvalue weighted by atomic mass is 16.4. The van der Waals surface area contributed by atoms with Gasteiger partial charge in [0, 0.05) is 6.92 Å². The molecule has 13 heavy (non-hydrogen) atoms. The van der Waals surface area contributed by atoms with Gasteiger partial charge in [0.25, 0.3) is 0 Å². The molecule has 0 spiro atoms. The number of aliphatic hydroxyl groups is 4. The van der Waals surface area contributed by atoms with Crippen molar-refractivity contribution in [2.75, 3.05) is 0 Å². The first kappa shape index (κ1) is 10.4. The third-order valence-electron chi connectivity index (χ3n) is 2.16. The molecule has 5 atom stereocenters. The first-order valence-electron chi connectivity index (χ1n) is 3.94. The molecule has 0 radical (unpaired) electrons. The number of carbonyl (C=O) groups excluding carboxylic acids is 1. The van der Waals surface area contributed by atoms with Crippen LogP contribution in [0.15, 0.2) is 0 Å². The van der Waals surface area contributed by atoms with E-state index in [0.717, 1.165) is 0 Å². The molecule has 0 saturated heterocycles. The Morgan fingerprint density at radius 3 is 1.69 bits per heavy atom. The Hall–Kier alpha value is -0.690. The summed E-state index contributed by atoms with van der Waals surface area (Å²) in [6.07, 6.45) is -5.53. The van der Waals surface area contributed by atoms with Gasteiger partial charge in [-0.3, -0.25) is 4.79 Å². The van der Waals surface area contributed by atoms with Gasteiger partial charge in [-0.2, -0.15) is 0 Å².